The minimum Gasteiger partial charge on any atom is -0.286 e. The second kappa shape index (κ2) is 5.63. The zero-order chi connectivity index (χ0) is 13.0. The summed E-state index contributed by atoms with van der Waals surface area (Å²) in [6.07, 6.45) is 4.67. The molecule has 0 saturated heterocycles. The molecule has 0 bridgehead atoms. The van der Waals surface area contributed by atoms with Gasteiger partial charge in [-0.1, -0.05) is 18.2 Å². The first-order valence-corrected chi connectivity index (χ1v) is 7.77. The maximum Gasteiger partial charge on any atom is 0.265 e. The summed E-state index contributed by atoms with van der Waals surface area (Å²) in [7, 11) is -3.84. The maximum atomic E-state index is 10.7. The quantitative estimate of drug-likeness (QED) is 0.662. The van der Waals surface area contributed by atoms with E-state index in [0.29, 0.717) is 13.0 Å². The van der Waals surface area contributed by atoms with Crippen LogP contribution in [-0.2, 0) is 16.5 Å². The summed E-state index contributed by atoms with van der Waals surface area (Å²) in [5.74, 6) is -0.168. The molecule has 1 aliphatic heterocycles. The molecule has 1 aliphatic rings. The van der Waals surface area contributed by atoms with Crippen LogP contribution in [0, 0.1) is 0 Å². The molecule has 0 radical (unpaired) electrons. The number of rotatable bonds is 4. The lowest BCUT2D eigenvalue weighted by Gasteiger charge is -2.00. The Balaban J connectivity index is 2.04. The topological polar surface area (TPSA) is 57.4 Å². The average molecular weight is 268 g/mol. The van der Waals surface area contributed by atoms with Gasteiger partial charge in [0.05, 0.1) is 5.75 Å². The minimum absolute atomic E-state index is 0.168. The van der Waals surface area contributed by atoms with E-state index < -0.39 is 10.1 Å². The lowest BCUT2D eigenvalue weighted by atomic mass is 10.1. The summed E-state index contributed by atoms with van der Waals surface area (Å²) in [5, 5.41) is 0. The number of benzene rings is 1. The van der Waals surface area contributed by atoms with E-state index >= 15 is 0 Å². The van der Waals surface area contributed by atoms with Crippen LogP contribution in [0.2, 0.25) is 0 Å². The smallest absolute Gasteiger partial charge is 0.265 e. The van der Waals surface area contributed by atoms with Crippen LogP contribution >= 0.6 is 0 Å². The van der Waals surface area contributed by atoms with E-state index in [9.17, 15) is 8.42 Å². The van der Waals surface area contributed by atoms with Gasteiger partial charge in [0.25, 0.3) is 10.1 Å². The Kier molecular flexibility index (Phi) is 4.14. The molecule has 0 amide bonds. The van der Waals surface area contributed by atoms with Crippen molar-refractivity contribution in [1.29, 1.82) is 0 Å². The number of hydrogen-bond donors (Lipinski definition) is 1. The van der Waals surface area contributed by atoms with Crippen LogP contribution in [0.3, 0.4) is 0 Å². The number of nitrogens with zero attached hydrogens (tertiary/aromatic N) is 1. The minimum atomic E-state index is -3.84. The summed E-state index contributed by atoms with van der Waals surface area (Å²) in [6.45, 7) is 1.59. The van der Waals surface area contributed by atoms with Crippen molar-refractivity contribution in [2.24, 2.45) is 0 Å². The molecule has 5 heteroatoms. The van der Waals surface area contributed by atoms with E-state index in [0.717, 1.165) is 19.4 Å². The molecule has 1 aromatic rings. The standard InChI is InChI=1S/C13H17NO3S/c15-18(16,17)10-4-9-14-8-3-7-12-5-1-2-6-13(12)11-14/h1-2,5-6,11H,3-4,7-10H2/p+1. The molecule has 0 unspecified atom stereocenters. The lowest BCUT2D eigenvalue weighted by Crippen LogP contribution is -2.18. The van der Waals surface area contributed by atoms with E-state index in [1.165, 1.54) is 11.1 Å². The van der Waals surface area contributed by atoms with Crippen molar-refractivity contribution in [3.63, 3.8) is 0 Å². The van der Waals surface area contributed by atoms with Crippen LogP contribution in [0.1, 0.15) is 24.0 Å². The van der Waals surface area contributed by atoms with Crippen LogP contribution < -0.4 is 0 Å². The van der Waals surface area contributed by atoms with Crippen LogP contribution in [0.15, 0.2) is 24.3 Å². The van der Waals surface area contributed by atoms with E-state index in [-0.39, 0.29) is 5.75 Å². The molecular formula is C13H18NO3S+. The Bertz CT molecular complexity index is 549. The molecule has 0 atom stereocenters. The number of hydrogen-bond acceptors (Lipinski definition) is 2. The molecule has 0 aliphatic carbocycles. The first-order valence-electron chi connectivity index (χ1n) is 6.16. The molecule has 1 heterocycles. The van der Waals surface area contributed by atoms with E-state index in [2.05, 4.69) is 22.9 Å². The zero-order valence-electron chi connectivity index (χ0n) is 10.2. The molecular weight excluding hydrogens is 250 g/mol. The second-order valence-electron chi connectivity index (χ2n) is 4.61. The largest absolute Gasteiger partial charge is 0.286 e. The van der Waals surface area contributed by atoms with Crippen molar-refractivity contribution >= 4 is 16.3 Å². The fourth-order valence-electron chi connectivity index (χ4n) is 2.25. The summed E-state index contributed by atoms with van der Waals surface area (Å²) in [5.41, 5.74) is 2.55. The van der Waals surface area contributed by atoms with Gasteiger partial charge in [0.2, 0.25) is 0 Å². The van der Waals surface area contributed by atoms with E-state index in [4.69, 9.17) is 4.55 Å². The molecule has 4 nitrogen and oxygen atoms in total. The first-order chi connectivity index (χ1) is 8.54. The van der Waals surface area contributed by atoms with Crippen molar-refractivity contribution in [1.82, 2.24) is 0 Å². The van der Waals surface area contributed by atoms with Gasteiger partial charge in [-0.05, 0) is 18.1 Å². The molecule has 1 aromatic carbocycles. The second-order valence-corrected chi connectivity index (χ2v) is 6.18. The SMILES string of the molecule is O=S(=O)(O)CCC[N+]1=Cc2ccccc2CCC1. The van der Waals surface area contributed by atoms with Crippen molar-refractivity contribution in [2.45, 2.75) is 19.3 Å². The number of aryl methyl sites for hydroxylation is 1. The van der Waals surface area contributed by atoms with Crippen LogP contribution in [-0.4, -0.2) is 42.6 Å². The van der Waals surface area contributed by atoms with Crippen LogP contribution in [0.4, 0.5) is 0 Å². The van der Waals surface area contributed by atoms with Gasteiger partial charge < -0.3 is 0 Å². The molecule has 98 valence electrons. The normalized spacial score (nSPS) is 15.7. The van der Waals surface area contributed by atoms with Gasteiger partial charge >= 0.3 is 0 Å². The van der Waals surface area contributed by atoms with Gasteiger partial charge in [-0.15, -0.1) is 0 Å². The highest BCUT2D eigenvalue weighted by molar-refractivity contribution is 7.85. The first kappa shape index (κ1) is 13.2. The van der Waals surface area contributed by atoms with Gasteiger partial charge in [-0.3, -0.25) is 4.55 Å². The highest BCUT2D eigenvalue weighted by Gasteiger charge is 2.14. The molecule has 0 spiro atoms. The highest BCUT2D eigenvalue weighted by atomic mass is 32.2. The third-order valence-corrected chi connectivity index (χ3v) is 3.92. The zero-order valence-corrected chi connectivity index (χ0v) is 11.1. The van der Waals surface area contributed by atoms with Crippen LogP contribution in [0.5, 0.6) is 0 Å². The van der Waals surface area contributed by atoms with Crippen molar-refractivity contribution in [3.8, 4) is 0 Å². The highest BCUT2D eigenvalue weighted by Crippen LogP contribution is 2.12. The molecule has 0 aromatic heterocycles. The van der Waals surface area contributed by atoms with Gasteiger partial charge in [0.1, 0.15) is 13.1 Å². The molecule has 18 heavy (non-hydrogen) atoms. The van der Waals surface area contributed by atoms with Gasteiger partial charge in [-0.2, -0.15) is 8.42 Å². The Labute approximate surface area is 108 Å². The summed E-state index contributed by atoms with van der Waals surface area (Å²) in [4.78, 5) is 0. The maximum absolute atomic E-state index is 10.7. The monoisotopic (exact) mass is 268 g/mol. The van der Waals surface area contributed by atoms with E-state index in [1.54, 1.807) is 0 Å². The molecule has 2 rings (SSSR count). The fourth-order valence-corrected chi connectivity index (χ4v) is 2.74. The molecule has 0 saturated carbocycles. The lowest BCUT2D eigenvalue weighted by molar-refractivity contribution is -0.522. The summed E-state index contributed by atoms with van der Waals surface area (Å²) in [6, 6.07) is 8.27. The Hall–Kier alpha value is -1.20. The van der Waals surface area contributed by atoms with Gasteiger partial charge in [0.15, 0.2) is 6.21 Å². The predicted molar refractivity (Wildman–Crippen MR) is 71.0 cm³/mol. The van der Waals surface area contributed by atoms with Gasteiger partial charge in [-0.25, -0.2) is 4.58 Å². The number of fused-ring (bicyclic) bond motifs is 1. The van der Waals surface area contributed by atoms with Crippen molar-refractivity contribution < 1.29 is 17.5 Å². The van der Waals surface area contributed by atoms with Gasteiger partial charge in [0, 0.05) is 18.4 Å². The Morgan fingerprint density at radius 1 is 1.28 bits per heavy atom. The van der Waals surface area contributed by atoms with E-state index in [1.807, 2.05) is 12.1 Å². The Morgan fingerprint density at radius 3 is 2.83 bits per heavy atom. The summed E-state index contributed by atoms with van der Waals surface area (Å²) >= 11 is 0. The summed E-state index contributed by atoms with van der Waals surface area (Å²) < 4.78 is 32.2. The molecule has 1 N–H and O–H groups in total. The van der Waals surface area contributed by atoms with Crippen molar-refractivity contribution in [2.75, 3.05) is 18.8 Å². The predicted octanol–water partition coefficient (Wildman–Crippen LogP) is 1.34. The van der Waals surface area contributed by atoms with Crippen LogP contribution in [0.25, 0.3) is 0 Å². The molecule has 0 fully saturated rings. The third kappa shape index (κ3) is 3.92. The fraction of sp³-hybridized carbons (Fsp3) is 0.462. The third-order valence-electron chi connectivity index (χ3n) is 3.12. The van der Waals surface area contributed by atoms with Crippen molar-refractivity contribution in [3.05, 3.63) is 35.4 Å². The Morgan fingerprint density at radius 2 is 2.06 bits per heavy atom. The average Bonchev–Trinajstić information content (AvgIpc) is 2.49.